The van der Waals surface area contributed by atoms with Crippen LogP contribution in [0.5, 0.6) is 0 Å². The fourth-order valence-electron chi connectivity index (χ4n) is 3.54. The summed E-state index contributed by atoms with van der Waals surface area (Å²) in [4.78, 5) is 27.8. The van der Waals surface area contributed by atoms with Crippen molar-refractivity contribution in [1.29, 1.82) is 0 Å². The van der Waals surface area contributed by atoms with Crippen molar-refractivity contribution in [3.8, 4) is 0 Å². The fraction of sp³-hybridized carbons (Fsp3) is 0.364. The molecule has 7 heteroatoms. The maximum atomic E-state index is 13.3. The molecule has 2 amide bonds. The van der Waals surface area contributed by atoms with Crippen molar-refractivity contribution in [3.05, 3.63) is 66.0 Å². The van der Waals surface area contributed by atoms with Crippen molar-refractivity contribution >= 4 is 17.5 Å². The van der Waals surface area contributed by atoms with Crippen LogP contribution in [0.3, 0.4) is 0 Å². The van der Waals surface area contributed by atoms with Crippen molar-refractivity contribution in [1.82, 2.24) is 4.90 Å². The average Bonchev–Trinajstić information content (AvgIpc) is 2.69. The SMILES string of the molecule is CC1CN(CC(=O)N(CCC(N)=O)c2ccc(F)cc2)CC(c2ccccc2)O1. The minimum Gasteiger partial charge on any atom is -0.370 e. The highest BCUT2D eigenvalue weighted by atomic mass is 19.1. The van der Waals surface area contributed by atoms with E-state index >= 15 is 0 Å². The normalized spacial score (nSPS) is 19.7. The topological polar surface area (TPSA) is 75.9 Å². The highest BCUT2D eigenvalue weighted by molar-refractivity contribution is 5.95. The second-order valence-corrected chi connectivity index (χ2v) is 7.28. The van der Waals surface area contributed by atoms with Gasteiger partial charge in [-0.2, -0.15) is 0 Å². The Balaban J connectivity index is 1.72. The van der Waals surface area contributed by atoms with Crippen LogP contribution in [-0.4, -0.2) is 49.0 Å². The highest BCUT2D eigenvalue weighted by Gasteiger charge is 2.29. The predicted octanol–water partition coefficient (Wildman–Crippen LogP) is 2.50. The van der Waals surface area contributed by atoms with E-state index in [9.17, 15) is 14.0 Å². The molecule has 0 aromatic heterocycles. The standard InChI is InChI=1S/C22H26FN3O3/c1-16-13-25(14-20(29-16)17-5-3-2-4-6-17)15-22(28)26(12-11-21(24)27)19-9-7-18(23)8-10-19/h2-10,16,20H,11-15H2,1H3,(H2,24,27). The van der Waals surface area contributed by atoms with Crippen LogP contribution < -0.4 is 10.6 Å². The molecular weight excluding hydrogens is 373 g/mol. The number of morpholine rings is 1. The third-order valence-electron chi connectivity index (χ3n) is 4.89. The van der Waals surface area contributed by atoms with Crippen LogP contribution in [0.4, 0.5) is 10.1 Å². The Morgan fingerprint density at radius 1 is 1.14 bits per heavy atom. The molecule has 1 aliphatic heterocycles. The molecule has 0 bridgehead atoms. The molecule has 29 heavy (non-hydrogen) atoms. The van der Waals surface area contributed by atoms with Gasteiger partial charge in [0, 0.05) is 31.7 Å². The number of carbonyl (C=O) groups is 2. The molecule has 0 spiro atoms. The summed E-state index contributed by atoms with van der Waals surface area (Å²) < 4.78 is 19.3. The first-order valence-corrected chi connectivity index (χ1v) is 9.69. The molecule has 0 aliphatic carbocycles. The molecule has 1 saturated heterocycles. The lowest BCUT2D eigenvalue weighted by Crippen LogP contribution is -2.48. The van der Waals surface area contributed by atoms with Crippen LogP contribution >= 0.6 is 0 Å². The minimum absolute atomic E-state index is 0.0216. The summed E-state index contributed by atoms with van der Waals surface area (Å²) in [6.07, 6.45) is -0.0979. The molecule has 1 heterocycles. The quantitative estimate of drug-likeness (QED) is 0.776. The monoisotopic (exact) mass is 399 g/mol. The van der Waals surface area contributed by atoms with Gasteiger partial charge < -0.3 is 15.4 Å². The predicted molar refractivity (Wildman–Crippen MR) is 109 cm³/mol. The second-order valence-electron chi connectivity index (χ2n) is 7.28. The Morgan fingerprint density at radius 2 is 1.83 bits per heavy atom. The summed E-state index contributed by atoms with van der Waals surface area (Å²) in [7, 11) is 0. The van der Waals surface area contributed by atoms with Gasteiger partial charge in [0.15, 0.2) is 0 Å². The number of primary amides is 1. The van der Waals surface area contributed by atoms with Gasteiger partial charge in [-0.25, -0.2) is 4.39 Å². The Labute approximate surface area is 170 Å². The van der Waals surface area contributed by atoms with E-state index in [1.807, 2.05) is 37.3 Å². The molecule has 1 fully saturated rings. The zero-order chi connectivity index (χ0) is 20.8. The summed E-state index contributed by atoms with van der Waals surface area (Å²) in [6, 6.07) is 15.6. The van der Waals surface area contributed by atoms with Crippen molar-refractivity contribution in [3.63, 3.8) is 0 Å². The zero-order valence-electron chi connectivity index (χ0n) is 16.5. The van der Waals surface area contributed by atoms with E-state index in [2.05, 4.69) is 4.90 Å². The van der Waals surface area contributed by atoms with E-state index in [1.165, 1.54) is 29.2 Å². The molecule has 6 nitrogen and oxygen atoms in total. The van der Waals surface area contributed by atoms with Gasteiger partial charge in [-0.15, -0.1) is 0 Å². The number of benzene rings is 2. The Morgan fingerprint density at radius 3 is 2.48 bits per heavy atom. The first-order chi connectivity index (χ1) is 13.9. The summed E-state index contributed by atoms with van der Waals surface area (Å²) in [5.74, 6) is -1.04. The van der Waals surface area contributed by atoms with Gasteiger partial charge in [-0.05, 0) is 36.8 Å². The Bertz CT molecular complexity index is 829. The molecule has 2 atom stereocenters. The smallest absolute Gasteiger partial charge is 0.241 e. The molecular formula is C22H26FN3O3. The van der Waals surface area contributed by atoms with E-state index in [4.69, 9.17) is 10.5 Å². The zero-order valence-corrected chi connectivity index (χ0v) is 16.5. The van der Waals surface area contributed by atoms with Crippen LogP contribution in [0.1, 0.15) is 25.0 Å². The van der Waals surface area contributed by atoms with E-state index in [0.717, 1.165) is 5.56 Å². The number of amides is 2. The molecule has 0 saturated carbocycles. The van der Waals surface area contributed by atoms with E-state index in [-0.39, 0.29) is 43.4 Å². The molecule has 2 aromatic rings. The first kappa shape index (κ1) is 21.0. The van der Waals surface area contributed by atoms with Crippen molar-refractivity contribution in [2.45, 2.75) is 25.6 Å². The summed E-state index contributed by atoms with van der Waals surface area (Å²) >= 11 is 0. The van der Waals surface area contributed by atoms with Gasteiger partial charge in [0.05, 0.1) is 18.8 Å². The van der Waals surface area contributed by atoms with Crippen LogP contribution in [-0.2, 0) is 14.3 Å². The molecule has 2 aromatic carbocycles. The van der Waals surface area contributed by atoms with Crippen molar-refractivity contribution < 1.29 is 18.7 Å². The fourth-order valence-corrected chi connectivity index (χ4v) is 3.54. The molecule has 2 N–H and O–H groups in total. The number of hydrogen-bond acceptors (Lipinski definition) is 4. The summed E-state index contributed by atoms with van der Waals surface area (Å²) in [5, 5.41) is 0. The highest BCUT2D eigenvalue weighted by Crippen LogP contribution is 2.25. The largest absolute Gasteiger partial charge is 0.370 e. The molecule has 154 valence electrons. The number of hydrogen-bond donors (Lipinski definition) is 1. The van der Waals surface area contributed by atoms with Gasteiger partial charge in [-0.3, -0.25) is 14.5 Å². The maximum Gasteiger partial charge on any atom is 0.241 e. The Hall–Kier alpha value is -2.77. The number of nitrogens with zero attached hydrogens (tertiary/aromatic N) is 2. The Kier molecular flexibility index (Phi) is 6.95. The van der Waals surface area contributed by atoms with Gasteiger partial charge in [-0.1, -0.05) is 30.3 Å². The van der Waals surface area contributed by atoms with Crippen LogP contribution in [0, 0.1) is 5.82 Å². The van der Waals surface area contributed by atoms with Gasteiger partial charge in [0.1, 0.15) is 5.82 Å². The van der Waals surface area contributed by atoms with Gasteiger partial charge >= 0.3 is 0 Å². The van der Waals surface area contributed by atoms with Crippen LogP contribution in [0.2, 0.25) is 0 Å². The van der Waals surface area contributed by atoms with Crippen molar-refractivity contribution in [2.75, 3.05) is 31.1 Å². The average molecular weight is 399 g/mol. The number of anilines is 1. The minimum atomic E-state index is -0.492. The van der Waals surface area contributed by atoms with Crippen LogP contribution in [0.15, 0.2) is 54.6 Å². The summed E-state index contributed by atoms with van der Waals surface area (Å²) in [5.41, 5.74) is 6.87. The van der Waals surface area contributed by atoms with Gasteiger partial charge in [0.25, 0.3) is 0 Å². The molecule has 1 aliphatic rings. The summed E-state index contributed by atoms with van der Waals surface area (Å²) in [6.45, 7) is 3.53. The van der Waals surface area contributed by atoms with Crippen molar-refractivity contribution in [2.24, 2.45) is 5.73 Å². The van der Waals surface area contributed by atoms with E-state index < -0.39 is 5.91 Å². The first-order valence-electron chi connectivity index (χ1n) is 9.69. The second kappa shape index (κ2) is 9.62. The lowest BCUT2D eigenvalue weighted by Gasteiger charge is -2.37. The van der Waals surface area contributed by atoms with Gasteiger partial charge in [0.2, 0.25) is 11.8 Å². The lowest BCUT2D eigenvalue weighted by atomic mass is 10.1. The molecule has 0 radical (unpaired) electrons. The maximum absolute atomic E-state index is 13.3. The number of ether oxygens (including phenoxy) is 1. The lowest BCUT2D eigenvalue weighted by molar-refractivity contribution is -0.124. The number of nitrogens with two attached hydrogens (primary N) is 1. The number of carbonyl (C=O) groups excluding carboxylic acids is 2. The van der Waals surface area contributed by atoms with Crippen LogP contribution in [0.25, 0.3) is 0 Å². The number of halogens is 1. The molecule has 2 unspecified atom stereocenters. The third kappa shape index (κ3) is 5.85. The van der Waals surface area contributed by atoms with E-state index in [0.29, 0.717) is 18.8 Å². The van der Waals surface area contributed by atoms with E-state index in [1.54, 1.807) is 0 Å². The molecule has 3 rings (SSSR count). The third-order valence-corrected chi connectivity index (χ3v) is 4.89. The number of rotatable bonds is 7.